The number of alkyl halides is 3. The maximum Gasteiger partial charge on any atom is 0.406 e. The summed E-state index contributed by atoms with van der Waals surface area (Å²) >= 11 is 0. The van der Waals surface area contributed by atoms with E-state index in [0.29, 0.717) is 30.5 Å². The molecule has 1 unspecified atom stereocenters. The summed E-state index contributed by atoms with van der Waals surface area (Å²) in [6.07, 6.45) is -2.90. The van der Waals surface area contributed by atoms with E-state index in [4.69, 9.17) is 0 Å². The van der Waals surface area contributed by atoms with Gasteiger partial charge in [0.15, 0.2) is 5.96 Å². The Balaban J connectivity index is 0.00000512. The zero-order valence-corrected chi connectivity index (χ0v) is 20.3. The standard InChI is InChI=1S/C20H28F5N5O.HI/c1-3-26-19(27-10-18(31)29(2)13-20(23,24)25)28-14-6-5-9-30(11-14)12-15-16(21)7-4-8-17(15)22;/h4,7-8,14H,3,5-6,9-13H2,1-2H3,(H2,26,27,28);1H. The number of nitrogens with one attached hydrogen (secondary N) is 2. The summed E-state index contributed by atoms with van der Waals surface area (Å²) in [6.45, 7) is 1.86. The average molecular weight is 577 g/mol. The van der Waals surface area contributed by atoms with Gasteiger partial charge in [-0.2, -0.15) is 13.2 Å². The molecule has 0 aliphatic carbocycles. The number of halogens is 6. The Hall–Kier alpha value is -1.70. The van der Waals surface area contributed by atoms with Crippen molar-refractivity contribution in [2.75, 3.05) is 39.8 Å². The second-order valence-corrected chi connectivity index (χ2v) is 7.48. The Morgan fingerprint density at radius 2 is 1.94 bits per heavy atom. The summed E-state index contributed by atoms with van der Waals surface area (Å²) in [7, 11) is 1.08. The van der Waals surface area contributed by atoms with Crippen molar-refractivity contribution in [2.24, 2.45) is 4.99 Å². The molecule has 1 saturated heterocycles. The van der Waals surface area contributed by atoms with Crippen LogP contribution in [0.4, 0.5) is 22.0 Å². The van der Waals surface area contributed by atoms with Crippen LogP contribution in [-0.2, 0) is 11.3 Å². The van der Waals surface area contributed by atoms with E-state index in [2.05, 4.69) is 15.6 Å². The Labute approximate surface area is 201 Å². The van der Waals surface area contributed by atoms with Crippen LogP contribution in [0.15, 0.2) is 23.2 Å². The Morgan fingerprint density at radius 3 is 2.53 bits per heavy atom. The van der Waals surface area contributed by atoms with E-state index in [1.54, 1.807) is 0 Å². The lowest BCUT2D eigenvalue weighted by molar-refractivity contribution is -0.157. The minimum atomic E-state index is -4.47. The number of carbonyl (C=O) groups is 1. The molecule has 0 bridgehead atoms. The minimum absolute atomic E-state index is 0. The molecule has 2 N–H and O–H groups in total. The molecule has 2 rings (SSSR count). The summed E-state index contributed by atoms with van der Waals surface area (Å²) in [5, 5.41) is 6.12. The quantitative estimate of drug-likeness (QED) is 0.227. The molecule has 1 amide bonds. The Kier molecular flexibility index (Phi) is 11.6. The number of rotatable bonds is 7. The molecule has 1 aromatic carbocycles. The van der Waals surface area contributed by atoms with E-state index in [0.717, 1.165) is 19.9 Å². The second-order valence-electron chi connectivity index (χ2n) is 7.48. The van der Waals surface area contributed by atoms with Crippen LogP contribution in [-0.4, -0.2) is 73.7 Å². The zero-order chi connectivity index (χ0) is 23.0. The lowest BCUT2D eigenvalue weighted by Gasteiger charge is -2.34. The zero-order valence-electron chi connectivity index (χ0n) is 18.0. The number of amides is 1. The van der Waals surface area contributed by atoms with Crippen molar-refractivity contribution in [3.05, 3.63) is 35.4 Å². The van der Waals surface area contributed by atoms with Crippen LogP contribution >= 0.6 is 24.0 Å². The Bertz CT molecular complexity index is 757. The van der Waals surface area contributed by atoms with E-state index < -0.39 is 36.8 Å². The number of hydrogen-bond donors (Lipinski definition) is 2. The molecule has 0 saturated carbocycles. The molecule has 32 heavy (non-hydrogen) atoms. The Morgan fingerprint density at radius 1 is 1.28 bits per heavy atom. The first-order chi connectivity index (χ1) is 14.6. The fourth-order valence-electron chi connectivity index (χ4n) is 3.36. The van der Waals surface area contributed by atoms with Gasteiger partial charge in [0.25, 0.3) is 0 Å². The molecule has 1 aliphatic heterocycles. The summed E-state index contributed by atoms with van der Waals surface area (Å²) in [6, 6.07) is 3.67. The lowest BCUT2D eigenvalue weighted by atomic mass is 10.0. The van der Waals surface area contributed by atoms with Crippen LogP contribution in [0.25, 0.3) is 0 Å². The first-order valence-corrected chi connectivity index (χ1v) is 10.1. The molecular weight excluding hydrogens is 548 g/mol. The molecule has 0 radical (unpaired) electrons. The third-order valence-corrected chi connectivity index (χ3v) is 4.85. The van der Waals surface area contributed by atoms with E-state index in [9.17, 15) is 26.7 Å². The van der Waals surface area contributed by atoms with Gasteiger partial charge in [0.05, 0.1) is 0 Å². The van der Waals surface area contributed by atoms with Crippen LogP contribution < -0.4 is 10.6 Å². The van der Waals surface area contributed by atoms with Gasteiger partial charge in [-0.3, -0.25) is 9.69 Å². The van der Waals surface area contributed by atoms with Crippen LogP contribution in [0.1, 0.15) is 25.3 Å². The molecule has 182 valence electrons. The fourth-order valence-corrected chi connectivity index (χ4v) is 3.36. The van der Waals surface area contributed by atoms with Crippen molar-refractivity contribution in [3.63, 3.8) is 0 Å². The average Bonchev–Trinajstić information content (AvgIpc) is 2.68. The van der Waals surface area contributed by atoms with Crippen LogP contribution in [0.2, 0.25) is 0 Å². The lowest BCUT2D eigenvalue weighted by Crippen LogP contribution is -2.51. The van der Waals surface area contributed by atoms with Crippen molar-refractivity contribution in [1.29, 1.82) is 0 Å². The predicted octanol–water partition coefficient (Wildman–Crippen LogP) is 3.12. The number of aliphatic imine (C=N–C) groups is 1. The topological polar surface area (TPSA) is 60.0 Å². The number of likely N-dealkylation sites (N-methyl/N-ethyl adjacent to an activating group) is 1. The molecule has 0 spiro atoms. The van der Waals surface area contributed by atoms with Gasteiger partial charge in [0.2, 0.25) is 5.91 Å². The van der Waals surface area contributed by atoms with Crippen molar-refractivity contribution in [1.82, 2.24) is 20.4 Å². The normalized spacial score (nSPS) is 17.5. The van der Waals surface area contributed by atoms with Gasteiger partial charge < -0.3 is 15.5 Å². The van der Waals surface area contributed by atoms with Crippen molar-refractivity contribution < 1.29 is 26.7 Å². The highest BCUT2D eigenvalue weighted by atomic mass is 127. The number of guanidine groups is 1. The summed E-state index contributed by atoms with van der Waals surface area (Å²) in [5.74, 6) is -1.63. The number of carbonyl (C=O) groups excluding carboxylic acids is 1. The molecule has 1 fully saturated rings. The number of piperidine rings is 1. The largest absolute Gasteiger partial charge is 0.406 e. The maximum absolute atomic E-state index is 13.9. The van der Waals surface area contributed by atoms with E-state index in [-0.39, 0.29) is 42.1 Å². The van der Waals surface area contributed by atoms with Crippen LogP contribution in [0.3, 0.4) is 0 Å². The summed E-state index contributed by atoms with van der Waals surface area (Å²) in [4.78, 5) is 18.5. The number of benzene rings is 1. The number of likely N-dealkylation sites (tertiary alicyclic amines) is 1. The van der Waals surface area contributed by atoms with Crippen molar-refractivity contribution in [3.8, 4) is 0 Å². The molecule has 6 nitrogen and oxygen atoms in total. The van der Waals surface area contributed by atoms with E-state index in [1.807, 2.05) is 11.8 Å². The smallest absolute Gasteiger partial charge is 0.357 e. The molecule has 1 aliphatic rings. The van der Waals surface area contributed by atoms with E-state index in [1.165, 1.54) is 18.2 Å². The second kappa shape index (κ2) is 13.1. The van der Waals surface area contributed by atoms with Gasteiger partial charge >= 0.3 is 6.18 Å². The van der Waals surface area contributed by atoms with Crippen LogP contribution in [0, 0.1) is 11.6 Å². The highest BCUT2D eigenvalue weighted by Gasteiger charge is 2.31. The van der Waals surface area contributed by atoms with E-state index >= 15 is 0 Å². The summed E-state index contributed by atoms with van der Waals surface area (Å²) in [5.41, 5.74) is 0.0158. The SMILES string of the molecule is CCNC(=NCC(=O)N(C)CC(F)(F)F)NC1CCCN(Cc2c(F)cccc2F)C1.I. The van der Waals surface area contributed by atoms with Gasteiger partial charge in [-0.25, -0.2) is 13.8 Å². The molecule has 1 atom stereocenters. The maximum atomic E-state index is 13.9. The third kappa shape index (κ3) is 9.43. The van der Waals surface area contributed by atoms with Crippen LogP contribution in [0.5, 0.6) is 0 Å². The van der Waals surface area contributed by atoms with Gasteiger partial charge in [0.1, 0.15) is 24.7 Å². The first kappa shape index (κ1) is 28.3. The van der Waals surface area contributed by atoms with Gasteiger partial charge in [-0.05, 0) is 38.4 Å². The predicted molar refractivity (Wildman–Crippen MR) is 123 cm³/mol. The van der Waals surface area contributed by atoms with Gasteiger partial charge in [-0.15, -0.1) is 24.0 Å². The molecule has 1 heterocycles. The monoisotopic (exact) mass is 577 g/mol. The van der Waals surface area contributed by atoms with Gasteiger partial charge in [-0.1, -0.05) is 6.07 Å². The summed E-state index contributed by atoms with van der Waals surface area (Å²) < 4.78 is 65.2. The fraction of sp³-hybridized carbons (Fsp3) is 0.600. The molecular formula is C20H29F5IN5O. The third-order valence-electron chi connectivity index (χ3n) is 4.85. The number of hydrogen-bond acceptors (Lipinski definition) is 3. The first-order valence-electron chi connectivity index (χ1n) is 10.1. The highest BCUT2D eigenvalue weighted by molar-refractivity contribution is 14.0. The van der Waals surface area contributed by atoms with Gasteiger partial charge in [0, 0.05) is 38.3 Å². The van der Waals surface area contributed by atoms with Crippen molar-refractivity contribution in [2.45, 2.75) is 38.5 Å². The number of nitrogens with zero attached hydrogens (tertiary/aromatic N) is 3. The van der Waals surface area contributed by atoms with Crippen molar-refractivity contribution >= 4 is 35.8 Å². The highest BCUT2D eigenvalue weighted by Crippen LogP contribution is 2.18. The molecule has 1 aromatic rings. The molecule has 0 aromatic heterocycles. The minimum Gasteiger partial charge on any atom is -0.357 e. The molecule has 12 heteroatoms.